The van der Waals surface area contributed by atoms with E-state index in [0.717, 1.165) is 19.4 Å². The van der Waals surface area contributed by atoms with E-state index in [-0.39, 0.29) is 16.5 Å². The summed E-state index contributed by atoms with van der Waals surface area (Å²) in [6, 6.07) is 10.5. The minimum Gasteiger partial charge on any atom is -0.492 e. The Labute approximate surface area is 145 Å². The van der Waals surface area contributed by atoms with Gasteiger partial charge in [0.05, 0.1) is 16.6 Å². The summed E-state index contributed by atoms with van der Waals surface area (Å²) in [5, 5.41) is 11.8. The number of hydrogen-bond acceptors (Lipinski definition) is 5. The van der Waals surface area contributed by atoms with Crippen molar-refractivity contribution in [3.8, 4) is 5.75 Å². The van der Waals surface area contributed by atoms with E-state index in [1.165, 1.54) is 6.07 Å². The first-order valence-corrected chi connectivity index (χ1v) is 8.24. The van der Waals surface area contributed by atoms with E-state index in [1.54, 1.807) is 18.3 Å². The van der Waals surface area contributed by atoms with Crippen molar-refractivity contribution in [3.63, 3.8) is 0 Å². The number of aromatic nitrogens is 1. The molecule has 2 heterocycles. The summed E-state index contributed by atoms with van der Waals surface area (Å²) in [5.74, 6) is 1.38. The highest BCUT2D eigenvalue weighted by Crippen LogP contribution is 2.30. The standard InChI is InChI=1S/C17H18ClN3O3/c18-14-6-1-2-8-16(14)24-12-13-5-4-10-20(11-13)17-15(21(22)23)7-3-9-19-17/h1-3,6-9,13H,4-5,10-12H2. The molecule has 1 atom stereocenters. The van der Waals surface area contributed by atoms with Gasteiger partial charge in [-0.25, -0.2) is 4.98 Å². The predicted molar refractivity (Wildman–Crippen MR) is 92.8 cm³/mol. The van der Waals surface area contributed by atoms with Crippen molar-refractivity contribution in [1.29, 1.82) is 0 Å². The molecule has 3 rings (SSSR count). The van der Waals surface area contributed by atoms with Crippen LogP contribution in [0.5, 0.6) is 5.75 Å². The van der Waals surface area contributed by atoms with Crippen LogP contribution in [0.25, 0.3) is 0 Å². The Balaban J connectivity index is 1.67. The topological polar surface area (TPSA) is 68.5 Å². The molecule has 0 amide bonds. The van der Waals surface area contributed by atoms with E-state index in [2.05, 4.69) is 4.98 Å². The van der Waals surface area contributed by atoms with Crippen molar-refractivity contribution in [2.24, 2.45) is 5.92 Å². The summed E-state index contributed by atoms with van der Waals surface area (Å²) in [6.07, 6.45) is 3.55. The van der Waals surface area contributed by atoms with Crippen LogP contribution in [-0.4, -0.2) is 29.6 Å². The van der Waals surface area contributed by atoms with Crippen LogP contribution in [0.3, 0.4) is 0 Å². The first-order chi connectivity index (χ1) is 11.6. The van der Waals surface area contributed by atoms with Gasteiger partial charge in [-0.2, -0.15) is 0 Å². The number of halogens is 1. The molecule has 24 heavy (non-hydrogen) atoms. The Bertz CT molecular complexity index is 726. The van der Waals surface area contributed by atoms with Crippen LogP contribution in [0.2, 0.25) is 5.02 Å². The normalized spacial score (nSPS) is 17.5. The van der Waals surface area contributed by atoms with Crippen LogP contribution in [0.1, 0.15) is 12.8 Å². The third-order valence-electron chi connectivity index (χ3n) is 4.09. The maximum absolute atomic E-state index is 11.2. The summed E-state index contributed by atoms with van der Waals surface area (Å²) in [6.45, 7) is 1.98. The predicted octanol–water partition coefficient (Wildman–Crippen LogP) is 3.94. The zero-order valence-corrected chi connectivity index (χ0v) is 13.9. The molecule has 1 aliphatic heterocycles. The Hall–Kier alpha value is -2.34. The fourth-order valence-corrected chi connectivity index (χ4v) is 3.13. The molecule has 0 spiro atoms. The van der Waals surface area contributed by atoms with Gasteiger partial charge in [0.15, 0.2) is 0 Å². The number of pyridine rings is 1. The minimum atomic E-state index is -0.383. The molecule has 0 N–H and O–H groups in total. The molecule has 0 aliphatic carbocycles. The zero-order chi connectivity index (χ0) is 16.9. The molecule has 1 saturated heterocycles. The van der Waals surface area contributed by atoms with Gasteiger partial charge in [0.2, 0.25) is 5.82 Å². The van der Waals surface area contributed by atoms with Crippen molar-refractivity contribution in [3.05, 3.63) is 57.7 Å². The molecular weight excluding hydrogens is 330 g/mol. The van der Waals surface area contributed by atoms with Crippen molar-refractivity contribution in [1.82, 2.24) is 4.98 Å². The quantitative estimate of drug-likeness (QED) is 0.605. The fourth-order valence-electron chi connectivity index (χ4n) is 2.94. The second kappa shape index (κ2) is 7.49. The average molecular weight is 348 g/mol. The largest absolute Gasteiger partial charge is 0.492 e. The lowest BCUT2D eigenvalue weighted by Crippen LogP contribution is -2.38. The Morgan fingerprint density at radius 3 is 2.96 bits per heavy atom. The second-order valence-corrected chi connectivity index (χ2v) is 6.21. The second-order valence-electron chi connectivity index (χ2n) is 5.80. The van der Waals surface area contributed by atoms with Crippen LogP contribution in [0.4, 0.5) is 11.5 Å². The average Bonchev–Trinajstić information content (AvgIpc) is 2.61. The first kappa shape index (κ1) is 16.5. The summed E-state index contributed by atoms with van der Waals surface area (Å²) in [5.41, 5.74) is 0.0465. The Morgan fingerprint density at radius 2 is 2.17 bits per heavy atom. The Morgan fingerprint density at radius 1 is 1.33 bits per heavy atom. The van der Waals surface area contributed by atoms with Crippen molar-refractivity contribution in [2.45, 2.75) is 12.8 Å². The molecule has 6 nitrogen and oxygen atoms in total. The van der Waals surface area contributed by atoms with E-state index in [1.807, 2.05) is 23.1 Å². The molecule has 0 saturated carbocycles. The van der Waals surface area contributed by atoms with Crippen molar-refractivity contribution < 1.29 is 9.66 Å². The highest BCUT2D eigenvalue weighted by Gasteiger charge is 2.26. The molecule has 126 valence electrons. The monoisotopic (exact) mass is 347 g/mol. The molecule has 1 aliphatic rings. The van der Waals surface area contributed by atoms with E-state index >= 15 is 0 Å². The number of ether oxygens (including phenoxy) is 1. The van der Waals surface area contributed by atoms with Crippen LogP contribution < -0.4 is 9.64 Å². The van der Waals surface area contributed by atoms with Crippen molar-refractivity contribution in [2.75, 3.05) is 24.6 Å². The highest BCUT2D eigenvalue weighted by molar-refractivity contribution is 6.32. The van der Waals surface area contributed by atoms with Gasteiger partial charge < -0.3 is 9.64 Å². The summed E-state index contributed by atoms with van der Waals surface area (Å²) < 4.78 is 5.83. The lowest BCUT2D eigenvalue weighted by Gasteiger charge is -2.33. The Kier molecular flexibility index (Phi) is 5.15. The number of nitrogens with zero attached hydrogens (tertiary/aromatic N) is 3. The molecule has 0 bridgehead atoms. The van der Waals surface area contributed by atoms with Gasteiger partial charge in [0.25, 0.3) is 0 Å². The number of anilines is 1. The summed E-state index contributed by atoms with van der Waals surface area (Å²) in [4.78, 5) is 17.0. The van der Waals surface area contributed by atoms with Crippen LogP contribution in [0, 0.1) is 16.0 Å². The molecule has 7 heteroatoms. The van der Waals surface area contributed by atoms with Gasteiger partial charge in [0.1, 0.15) is 5.75 Å². The fraction of sp³-hybridized carbons (Fsp3) is 0.353. The van der Waals surface area contributed by atoms with E-state index in [9.17, 15) is 10.1 Å². The number of para-hydroxylation sites is 1. The highest BCUT2D eigenvalue weighted by atomic mass is 35.5. The zero-order valence-electron chi connectivity index (χ0n) is 13.1. The van der Waals surface area contributed by atoms with Crippen LogP contribution in [-0.2, 0) is 0 Å². The smallest absolute Gasteiger partial charge is 0.311 e. The van der Waals surface area contributed by atoms with Gasteiger partial charge in [-0.15, -0.1) is 0 Å². The lowest BCUT2D eigenvalue weighted by atomic mass is 9.99. The SMILES string of the molecule is O=[N+]([O-])c1cccnc1N1CCCC(COc2ccccc2Cl)C1. The van der Waals surface area contributed by atoms with Gasteiger partial charge in [-0.3, -0.25) is 10.1 Å². The molecule has 1 fully saturated rings. The van der Waals surface area contributed by atoms with Gasteiger partial charge in [0, 0.05) is 31.3 Å². The summed E-state index contributed by atoms with van der Waals surface area (Å²) in [7, 11) is 0. The van der Waals surface area contributed by atoms with E-state index < -0.39 is 0 Å². The molecule has 1 aromatic heterocycles. The molecule has 1 aromatic carbocycles. The van der Waals surface area contributed by atoms with Gasteiger partial charge >= 0.3 is 5.69 Å². The maximum Gasteiger partial charge on any atom is 0.311 e. The summed E-state index contributed by atoms with van der Waals surface area (Å²) >= 11 is 6.10. The molecule has 1 unspecified atom stereocenters. The van der Waals surface area contributed by atoms with Crippen molar-refractivity contribution >= 4 is 23.1 Å². The van der Waals surface area contributed by atoms with Crippen LogP contribution in [0.15, 0.2) is 42.6 Å². The van der Waals surface area contributed by atoms with E-state index in [0.29, 0.717) is 29.7 Å². The number of nitro groups is 1. The molecular formula is C17H18ClN3O3. The van der Waals surface area contributed by atoms with Gasteiger partial charge in [-0.05, 0) is 31.0 Å². The number of hydrogen-bond donors (Lipinski definition) is 0. The number of benzene rings is 1. The molecule has 2 aromatic rings. The van der Waals surface area contributed by atoms with Crippen LogP contribution >= 0.6 is 11.6 Å². The third-order valence-corrected chi connectivity index (χ3v) is 4.40. The number of piperidine rings is 1. The maximum atomic E-state index is 11.2. The van der Waals surface area contributed by atoms with Gasteiger partial charge in [-0.1, -0.05) is 23.7 Å². The van der Waals surface area contributed by atoms with E-state index in [4.69, 9.17) is 16.3 Å². The molecule has 0 radical (unpaired) electrons. The third kappa shape index (κ3) is 3.76. The number of rotatable bonds is 5. The minimum absolute atomic E-state index is 0.0465. The first-order valence-electron chi connectivity index (χ1n) is 7.87. The lowest BCUT2D eigenvalue weighted by molar-refractivity contribution is -0.384.